The molecule has 4 heteroatoms. The number of Topliss-reactive ketones (excluding diaryl/α,β-unsaturated/α-hetero) is 2. The fraction of sp³-hybridized carbons (Fsp3) is 0.250. The summed E-state index contributed by atoms with van der Waals surface area (Å²) in [5, 5.41) is 3.05. The Labute approximate surface area is 141 Å². The van der Waals surface area contributed by atoms with E-state index in [9.17, 15) is 9.59 Å². The lowest BCUT2D eigenvalue weighted by molar-refractivity contribution is -0.120. The minimum absolute atomic E-state index is 0.0769. The lowest BCUT2D eigenvalue weighted by Gasteiger charge is -2.12. The van der Waals surface area contributed by atoms with Crippen molar-refractivity contribution >= 4 is 11.6 Å². The summed E-state index contributed by atoms with van der Waals surface area (Å²) in [5.74, 6) is -0.0452. The number of rotatable bonds is 4. The molecule has 1 atom stereocenters. The number of carbonyl (C=O) groups is 2. The van der Waals surface area contributed by atoms with E-state index in [1.165, 1.54) is 0 Å². The van der Waals surface area contributed by atoms with Crippen LogP contribution in [0.2, 0.25) is 0 Å². The molecule has 1 aromatic carbocycles. The largest absolute Gasteiger partial charge is 0.385 e. The molecule has 1 unspecified atom stereocenters. The predicted molar refractivity (Wildman–Crippen MR) is 92.2 cm³/mol. The number of ketones is 2. The number of nitrogens with one attached hydrogen (secondary N) is 1. The second-order valence-corrected chi connectivity index (χ2v) is 5.96. The highest BCUT2D eigenvalue weighted by molar-refractivity contribution is 6.20. The molecule has 1 aromatic heterocycles. The average molecular weight is 320 g/mol. The van der Waals surface area contributed by atoms with Crippen molar-refractivity contribution in [3.05, 3.63) is 77.8 Å². The summed E-state index contributed by atoms with van der Waals surface area (Å²) in [7, 11) is 0. The van der Waals surface area contributed by atoms with Gasteiger partial charge in [-0.2, -0.15) is 0 Å². The van der Waals surface area contributed by atoms with Crippen LogP contribution in [0, 0.1) is 0 Å². The first kappa shape index (κ1) is 16.1. The minimum Gasteiger partial charge on any atom is -0.385 e. The van der Waals surface area contributed by atoms with Gasteiger partial charge in [0.05, 0.1) is 17.8 Å². The quantitative estimate of drug-likeness (QED) is 0.534. The van der Waals surface area contributed by atoms with Gasteiger partial charge in [-0.25, -0.2) is 0 Å². The summed E-state index contributed by atoms with van der Waals surface area (Å²) < 4.78 is 0. The maximum absolute atomic E-state index is 12.5. The molecule has 0 saturated heterocycles. The Balaban J connectivity index is 1.69. The molecule has 4 nitrogen and oxygen atoms in total. The third-order valence-electron chi connectivity index (χ3n) is 4.28. The number of pyridine rings is 1. The van der Waals surface area contributed by atoms with Crippen molar-refractivity contribution in [2.45, 2.75) is 31.7 Å². The summed E-state index contributed by atoms with van der Waals surface area (Å²) in [6.07, 6.45) is 4.78. The molecule has 1 saturated carbocycles. The molecular formula is C20H20N2O2. The van der Waals surface area contributed by atoms with E-state index in [0.717, 1.165) is 11.3 Å². The van der Waals surface area contributed by atoms with Crippen LogP contribution in [0.1, 0.15) is 36.4 Å². The van der Waals surface area contributed by atoms with Gasteiger partial charge in [0.25, 0.3) is 0 Å². The second-order valence-electron chi connectivity index (χ2n) is 5.96. The third-order valence-corrected chi connectivity index (χ3v) is 4.28. The lowest BCUT2D eigenvalue weighted by atomic mass is 9.91. The molecule has 1 aliphatic rings. The zero-order valence-electron chi connectivity index (χ0n) is 13.4. The van der Waals surface area contributed by atoms with Crippen LogP contribution in [-0.2, 0) is 16.1 Å². The van der Waals surface area contributed by atoms with E-state index in [2.05, 4.69) is 10.3 Å². The Kier molecular flexibility index (Phi) is 5.16. The van der Waals surface area contributed by atoms with Crippen LogP contribution >= 0.6 is 0 Å². The molecule has 0 bridgehead atoms. The van der Waals surface area contributed by atoms with Crippen LogP contribution in [0.15, 0.2) is 66.5 Å². The second kappa shape index (κ2) is 7.68. The Morgan fingerprint density at radius 1 is 1.04 bits per heavy atom. The number of hydrogen-bond acceptors (Lipinski definition) is 4. The molecule has 1 heterocycles. The maximum atomic E-state index is 12.5. The smallest absolute Gasteiger partial charge is 0.168 e. The molecule has 1 N–H and O–H groups in total. The van der Waals surface area contributed by atoms with Crippen molar-refractivity contribution in [3.63, 3.8) is 0 Å². The van der Waals surface area contributed by atoms with Gasteiger partial charge in [0.2, 0.25) is 0 Å². The lowest BCUT2D eigenvalue weighted by Crippen LogP contribution is -2.16. The Hall–Kier alpha value is -2.75. The molecule has 1 fully saturated rings. The molecule has 0 spiro atoms. The van der Waals surface area contributed by atoms with E-state index < -0.39 is 0 Å². The fourth-order valence-electron chi connectivity index (χ4n) is 2.96. The van der Waals surface area contributed by atoms with Crippen molar-refractivity contribution in [3.8, 4) is 0 Å². The molecule has 3 rings (SSSR count). The van der Waals surface area contributed by atoms with Crippen LogP contribution in [0.3, 0.4) is 0 Å². The van der Waals surface area contributed by atoms with Crippen LogP contribution in [0.25, 0.3) is 0 Å². The Bertz CT molecular complexity index is 739. The van der Waals surface area contributed by atoms with E-state index >= 15 is 0 Å². The van der Waals surface area contributed by atoms with Crippen LogP contribution in [0.5, 0.6) is 0 Å². The highest BCUT2D eigenvalue weighted by Gasteiger charge is 2.27. The zero-order valence-corrected chi connectivity index (χ0v) is 13.4. The van der Waals surface area contributed by atoms with Gasteiger partial charge in [-0.05, 0) is 30.0 Å². The standard InChI is InChI=1S/C20H20N2O2/c23-19-10-9-16(15-6-2-1-3-7-15)12-20(24)18(19)14-21-13-17-8-4-5-11-22-17/h1-8,11,14,16,21H,9-10,12-13H2/b18-14-. The van der Waals surface area contributed by atoms with Crippen LogP contribution < -0.4 is 5.32 Å². The van der Waals surface area contributed by atoms with Gasteiger partial charge >= 0.3 is 0 Å². The molecule has 24 heavy (non-hydrogen) atoms. The highest BCUT2D eigenvalue weighted by atomic mass is 16.1. The number of carbonyl (C=O) groups excluding carboxylic acids is 2. The molecule has 2 aromatic rings. The maximum Gasteiger partial charge on any atom is 0.168 e. The molecule has 122 valence electrons. The molecule has 0 amide bonds. The predicted octanol–water partition coefficient (Wildman–Crippen LogP) is 3.16. The summed E-state index contributed by atoms with van der Waals surface area (Å²) in [6, 6.07) is 15.6. The Morgan fingerprint density at radius 3 is 2.58 bits per heavy atom. The highest BCUT2D eigenvalue weighted by Crippen LogP contribution is 2.30. The van der Waals surface area contributed by atoms with E-state index in [0.29, 0.717) is 25.8 Å². The molecule has 0 radical (unpaired) electrons. The van der Waals surface area contributed by atoms with Gasteiger partial charge in [0, 0.05) is 25.2 Å². The number of aromatic nitrogens is 1. The topological polar surface area (TPSA) is 59.1 Å². The first-order chi connectivity index (χ1) is 11.7. The number of benzene rings is 1. The number of nitrogens with zero attached hydrogens (tertiary/aromatic N) is 1. The Morgan fingerprint density at radius 2 is 1.83 bits per heavy atom. The van der Waals surface area contributed by atoms with Crippen molar-refractivity contribution < 1.29 is 9.59 Å². The van der Waals surface area contributed by atoms with E-state index in [-0.39, 0.29) is 23.1 Å². The first-order valence-electron chi connectivity index (χ1n) is 8.19. The van der Waals surface area contributed by atoms with Gasteiger partial charge in [-0.1, -0.05) is 36.4 Å². The van der Waals surface area contributed by atoms with Crippen molar-refractivity contribution in [1.29, 1.82) is 0 Å². The van der Waals surface area contributed by atoms with Gasteiger partial charge in [-0.3, -0.25) is 14.6 Å². The van der Waals surface area contributed by atoms with E-state index in [1.54, 1.807) is 12.4 Å². The van der Waals surface area contributed by atoms with Crippen molar-refractivity contribution in [2.24, 2.45) is 0 Å². The normalized spacial score (nSPS) is 20.0. The van der Waals surface area contributed by atoms with Gasteiger partial charge < -0.3 is 5.32 Å². The van der Waals surface area contributed by atoms with Crippen LogP contribution in [-0.4, -0.2) is 16.6 Å². The van der Waals surface area contributed by atoms with Crippen molar-refractivity contribution in [2.75, 3.05) is 0 Å². The number of hydrogen-bond donors (Lipinski definition) is 1. The summed E-state index contributed by atoms with van der Waals surface area (Å²) in [4.78, 5) is 29.0. The molecule has 0 aliphatic heterocycles. The zero-order chi connectivity index (χ0) is 16.8. The minimum atomic E-state index is -0.0835. The van der Waals surface area contributed by atoms with E-state index in [1.807, 2.05) is 48.5 Å². The van der Waals surface area contributed by atoms with Gasteiger partial charge in [0.1, 0.15) is 0 Å². The molecular weight excluding hydrogens is 300 g/mol. The first-order valence-corrected chi connectivity index (χ1v) is 8.19. The summed E-state index contributed by atoms with van der Waals surface area (Å²) in [6.45, 7) is 0.493. The number of allylic oxidation sites excluding steroid dienone is 1. The van der Waals surface area contributed by atoms with Crippen LogP contribution in [0.4, 0.5) is 0 Å². The average Bonchev–Trinajstić information content (AvgIpc) is 2.76. The van der Waals surface area contributed by atoms with Gasteiger partial charge in [0.15, 0.2) is 11.6 Å². The summed E-state index contributed by atoms with van der Waals surface area (Å²) >= 11 is 0. The van der Waals surface area contributed by atoms with Gasteiger partial charge in [-0.15, -0.1) is 0 Å². The third kappa shape index (κ3) is 3.96. The summed E-state index contributed by atoms with van der Waals surface area (Å²) in [5.41, 5.74) is 2.27. The SMILES string of the molecule is O=C1CCC(c2ccccc2)CC(=O)/C1=C\NCc1ccccn1. The fourth-order valence-corrected chi connectivity index (χ4v) is 2.96. The van der Waals surface area contributed by atoms with E-state index in [4.69, 9.17) is 0 Å². The monoisotopic (exact) mass is 320 g/mol. The van der Waals surface area contributed by atoms with Crippen molar-refractivity contribution in [1.82, 2.24) is 10.3 Å². The molecule has 1 aliphatic carbocycles.